The van der Waals surface area contributed by atoms with Gasteiger partial charge in [0.1, 0.15) is 11.1 Å². The highest BCUT2D eigenvalue weighted by molar-refractivity contribution is 5.96. The molecule has 1 amide bonds. The lowest BCUT2D eigenvalue weighted by Gasteiger charge is -2.08. The van der Waals surface area contributed by atoms with Crippen molar-refractivity contribution >= 4 is 16.9 Å². The summed E-state index contributed by atoms with van der Waals surface area (Å²) in [5, 5.41) is 12.7. The molecule has 0 aliphatic carbocycles. The predicted octanol–water partition coefficient (Wildman–Crippen LogP) is 2.22. The summed E-state index contributed by atoms with van der Waals surface area (Å²) >= 11 is 0. The fraction of sp³-hybridized carbons (Fsp3) is 0.111. The normalized spacial score (nSPS) is 10.7. The van der Waals surface area contributed by atoms with Crippen LogP contribution in [-0.4, -0.2) is 11.0 Å². The third-order valence-corrected chi connectivity index (χ3v) is 3.61. The van der Waals surface area contributed by atoms with Gasteiger partial charge in [0.15, 0.2) is 0 Å². The minimum atomic E-state index is -0.670. The van der Waals surface area contributed by atoms with Crippen molar-refractivity contribution in [1.29, 1.82) is 0 Å². The first kappa shape index (κ1) is 15.0. The number of rotatable bonds is 4. The van der Waals surface area contributed by atoms with Crippen LogP contribution >= 0.6 is 0 Å². The Morgan fingerprint density at radius 3 is 2.52 bits per heavy atom. The first-order valence-corrected chi connectivity index (χ1v) is 7.18. The average molecular weight is 309 g/mol. The first-order chi connectivity index (χ1) is 11.2. The van der Waals surface area contributed by atoms with Crippen LogP contribution in [0, 0.1) is 0 Å². The smallest absolute Gasteiger partial charge is 0.349 e. The van der Waals surface area contributed by atoms with Crippen LogP contribution < -0.4 is 10.9 Å². The van der Waals surface area contributed by atoms with Crippen molar-refractivity contribution in [3.63, 3.8) is 0 Å². The summed E-state index contributed by atoms with van der Waals surface area (Å²) in [6, 6.07) is 15.8. The largest absolute Gasteiger partial charge is 0.422 e. The van der Waals surface area contributed by atoms with Gasteiger partial charge in [-0.05, 0) is 23.3 Å². The Morgan fingerprint density at radius 2 is 1.74 bits per heavy atom. The Hall–Kier alpha value is -2.92. The van der Waals surface area contributed by atoms with Gasteiger partial charge in [-0.25, -0.2) is 4.79 Å². The maximum atomic E-state index is 12.2. The quantitative estimate of drug-likeness (QED) is 0.724. The number of para-hydroxylation sites is 1. The molecule has 0 aliphatic heterocycles. The third-order valence-electron chi connectivity index (χ3n) is 3.61. The zero-order valence-corrected chi connectivity index (χ0v) is 12.3. The lowest BCUT2D eigenvalue weighted by molar-refractivity contribution is 0.0947. The van der Waals surface area contributed by atoms with Crippen LogP contribution in [0.1, 0.15) is 21.5 Å². The molecule has 0 radical (unpaired) electrons. The molecule has 5 heteroatoms. The van der Waals surface area contributed by atoms with Crippen LogP contribution in [0.25, 0.3) is 11.0 Å². The van der Waals surface area contributed by atoms with Crippen LogP contribution in [0.5, 0.6) is 0 Å². The van der Waals surface area contributed by atoms with Crippen molar-refractivity contribution in [1.82, 2.24) is 5.32 Å². The van der Waals surface area contributed by atoms with E-state index in [4.69, 9.17) is 4.42 Å². The molecule has 0 bridgehead atoms. The molecule has 3 aromatic rings. The maximum absolute atomic E-state index is 12.2. The molecule has 5 nitrogen and oxygen atoms in total. The number of carbonyl (C=O) groups excluding carboxylic acids is 1. The van der Waals surface area contributed by atoms with Gasteiger partial charge in [0.25, 0.3) is 5.91 Å². The molecule has 0 saturated heterocycles. The summed E-state index contributed by atoms with van der Waals surface area (Å²) in [5.41, 5.74) is 1.27. The number of benzene rings is 2. The minimum absolute atomic E-state index is 0.0369. The molecular formula is C18H15NO4. The Kier molecular flexibility index (Phi) is 4.21. The number of fused-ring (bicyclic) bond motifs is 1. The SMILES string of the molecule is O=C(NCc1ccccc1CO)c1cc2ccccc2oc1=O. The van der Waals surface area contributed by atoms with E-state index in [0.717, 1.165) is 11.1 Å². The number of aliphatic hydroxyl groups is 1. The fourth-order valence-corrected chi connectivity index (χ4v) is 2.38. The molecular weight excluding hydrogens is 294 g/mol. The van der Waals surface area contributed by atoms with Crippen LogP contribution in [-0.2, 0) is 13.2 Å². The van der Waals surface area contributed by atoms with Crippen LogP contribution in [0.15, 0.2) is 63.8 Å². The third kappa shape index (κ3) is 3.14. The Morgan fingerprint density at radius 1 is 1.04 bits per heavy atom. The molecule has 23 heavy (non-hydrogen) atoms. The summed E-state index contributed by atoms with van der Waals surface area (Å²) in [7, 11) is 0. The molecule has 1 heterocycles. The maximum Gasteiger partial charge on any atom is 0.349 e. The van der Waals surface area contributed by atoms with Crippen molar-refractivity contribution < 1.29 is 14.3 Å². The highest BCUT2D eigenvalue weighted by atomic mass is 16.4. The van der Waals surface area contributed by atoms with Crippen molar-refractivity contribution in [2.75, 3.05) is 0 Å². The van der Waals surface area contributed by atoms with Gasteiger partial charge in [-0.1, -0.05) is 42.5 Å². The highest BCUT2D eigenvalue weighted by Crippen LogP contribution is 2.13. The Labute approximate surface area is 132 Å². The van der Waals surface area contributed by atoms with Gasteiger partial charge >= 0.3 is 5.63 Å². The van der Waals surface area contributed by atoms with Gasteiger partial charge in [-0.3, -0.25) is 4.79 Å². The Balaban J connectivity index is 1.83. The van der Waals surface area contributed by atoms with Gasteiger partial charge in [0, 0.05) is 11.9 Å². The zero-order valence-electron chi connectivity index (χ0n) is 12.3. The molecule has 0 fully saturated rings. The first-order valence-electron chi connectivity index (χ1n) is 7.18. The summed E-state index contributed by atoms with van der Waals surface area (Å²) < 4.78 is 5.15. The zero-order chi connectivity index (χ0) is 16.2. The van der Waals surface area contributed by atoms with Crippen molar-refractivity contribution in [2.45, 2.75) is 13.2 Å². The van der Waals surface area contributed by atoms with Gasteiger partial charge in [-0.15, -0.1) is 0 Å². The number of amides is 1. The molecule has 2 N–H and O–H groups in total. The summed E-state index contributed by atoms with van der Waals surface area (Å²) in [5.74, 6) is -0.503. The minimum Gasteiger partial charge on any atom is -0.422 e. The predicted molar refractivity (Wildman–Crippen MR) is 86.0 cm³/mol. The molecule has 2 aromatic carbocycles. The van der Waals surface area contributed by atoms with Gasteiger partial charge in [0.2, 0.25) is 0 Å². The molecule has 0 unspecified atom stereocenters. The van der Waals surface area contributed by atoms with Gasteiger partial charge < -0.3 is 14.8 Å². The lowest BCUT2D eigenvalue weighted by atomic mass is 10.1. The fourth-order valence-electron chi connectivity index (χ4n) is 2.38. The lowest BCUT2D eigenvalue weighted by Crippen LogP contribution is -2.28. The molecule has 1 aromatic heterocycles. The summed E-state index contributed by atoms with van der Waals surface area (Å²) in [4.78, 5) is 24.2. The van der Waals surface area contributed by atoms with Crippen LogP contribution in [0.2, 0.25) is 0 Å². The van der Waals surface area contributed by atoms with E-state index in [1.54, 1.807) is 24.3 Å². The number of hydrogen-bond donors (Lipinski definition) is 2. The number of carbonyl (C=O) groups is 1. The molecule has 0 saturated carbocycles. The van der Waals surface area contributed by atoms with E-state index >= 15 is 0 Å². The molecule has 0 atom stereocenters. The monoisotopic (exact) mass is 309 g/mol. The Bertz CT molecular complexity index is 914. The number of hydrogen-bond acceptors (Lipinski definition) is 4. The van der Waals surface area contributed by atoms with E-state index in [1.165, 1.54) is 6.07 Å². The van der Waals surface area contributed by atoms with E-state index < -0.39 is 11.5 Å². The topological polar surface area (TPSA) is 79.5 Å². The van der Waals surface area contributed by atoms with E-state index in [-0.39, 0.29) is 18.7 Å². The van der Waals surface area contributed by atoms with Crippen molar-refractivity contribution in [2.24, 2.45) is 0 Å². The van der Waals surface area contributed by atoms with E-state index in [9.17, 15) is 14.7 Å². The molecule has 3 rings (SSSR count). The molecule has 116 valence electrons. The second-order valence-electron chi connectivity index (χ2n) is 5.09. The number of aliphatic hydroxyl groups excluding tert-OH is 1. The summed E-state index contributed by atoms with van der Waals surface area (Å²) in [6.07, 6.45) is 0. The number of nitrogens with one attached hydrogen (secondary N) is 1. The standard InChI is InChI=1S/C18H15NO4/c20-11-14-7-2-1-6-13(14)10-19-17(21)15-9-12-5-3-4-8-16(12)23-18(15)22/h1-9,20H,10-11H2,(H,19,21). The van der Waals surface area contributed by atoms with E-state index in [0.29, 0.717) is 11.0 Å². The van der Waals surface area contributed by atoms with E-state index in [1.807, 2.05) is 24.3 Å². The highest BCUT2D eigenvalue weighted by Gasteiger charge is 2.13. The second kappa shape index (κ2) is 6.46. The van der Waals surface area contributed by atoms with E-state index in [2.05, 4.69) is 5.32 Å². The molecule has 0 aliphatic rings. The average Bonchev–Trinajstić information content (AvgIpc) is 2.59. The van der Waals surface area contributed by atoms with Crippen LogP contribution in [0.3, 0.4) is 0 Å². The molecule has 0 spiro atoms. The van der Waals surface area contributed by atoms with Gasteiger partial charge in [0.05, 0.1) is 6.61 Å². The van der Waals surface area contributed by atoms with Crippen molar-refractivity contribution in [3.05, 3.63) is 81.7 Å². The van der Waals surface area contributed by atoms with Crippen molar-refractivity contribution in [3.8, 4) is 0 Å². The summed E-state index contributed by atoms with van der Waals surface area (Å²) in [6.45, 7) is 0.117. The van der Waals surface area contributed by atoms with Gasteiger partial charge in [-0.2, -0.15) is 0 Å². The second-order valence-corrected chi connectivity index (χ2v) is 5.09. The van der Waals surface area contributed by atoms with Crippen LogP contribution in [0.4, 0.5) is 0 Å².